The van der Waals surface area contributed by atoms with E-state index in [9.17, 15) is 4.57 Å². The van der Waals surface area contributed by atoms with E-state index >= 15 is 0 Å². The molecule has 0 saturated carbocycles. The van der Waals surface area contributed by atoms with Crippen LogP contribution in [0.4, 0.5) is 0 Å². The minimum atomic E-state index is -2.33. The monoisotopic (exact) mass is 188 g/mol. The third kappa shape index (κ3) is 6.18. The van der Waals surface area contributed by atoms with E-state index in [0.29, 0.717) is 13.0 Å². The highest BCUT2D eigenvalue weighted by atomic mass is 31.1. The third-order valence-electron chi connectivity index (χ3n) is 1.01. The van der Waals surface area contributed by atoms with Gasteiger partial charge in [0.15, 0.2) is 0 Å². The van der Waals surface area contributed by atoms with Crippen molar-refractivity contribution in [3.63, 3.8) is 0 Å². The molecular formula is C8H13O3P. The highest BCUT2D eigenvalue weighted by molar-refractivity contribution is 7.33. The van der Waals surface area contributed by atoms with Crippen molar-refractivity contribution in [2.75, 3.05) is 13.2 Å². The van der Waals surface area contributed by atoms with Gasteiger partial charge in [0.2, 0.25) is 0 Å². The van der Waals surface area contributed by atoms with Gasteiger partial charge in [-0.1, -0.05) is 6.58 Å². The number of terminal acetylenes is 1. The molecule has 1 unspecified atom stereocenters. The lowest BCUT2D eigenvalue weighted by atomic mass is 10.2. The first kappa shape index (κ1) is 11.4. The van der Waals surface area contributed by atoms with E-state index in [4.69, 9.17) is 15.5 Å². The minimum Gasteiger partial charge on any atom is -0.311 e. The highest BCUT2D eigenvalue weighted by Gasteiger charge is 1.98. The van der Waals surface area contributed by atoms with Crippen LogP contribution in [0.25, 0.3) is 0 Å². The Labute approximate surface area is 73.7 Å². The molecule has 0 N–H and O–H groups in total. The average Bonchev–Trinajstić information content (AvgIpc) is 2.02. The molecular weight excluding hydrogens is 175 g/mol. The maximum Gasteiger partial charge on any atom is 0.319 e. The molecule has 0 aromatic carbocycles. The number of hydrogen-bond acceptors (Lipinski definition) is 3. The molecule has 4 heteroatoms. The molecule has 0 rings (SSSR count). The molecule has 0 aliphatic carbocycles. The Bertz CT molecular complexity index is 205. The van der Waals surface area contributed by atoms with Crippen LogP contribution < -0.4 is 0 Å². The van der Waals surface area contributed by atoms with Gasteiger partial charge >= 0.3 is 8.25 Å². The smallest absolute Gasteiger partial charge is 0.311 e. The predicted octanol–water partition coefficient (Wildman–Crippen LogP) is 2.01. The average molecular weight is 188 g/mol. The van der Waals surface area contributed by atoms with Crippen molar-refractivity contribution in [2.45, 2.75) is 13.3 Å². The van der Waals surface area contributed by atoms with Crippen molar-refractivity contribution < 1.29 is 13.6 Å². The summed E-state index contributed by atoms with van der Waals surface area (Å²) in [5.41, 5.74) is 0.732. The molecule has 0 fully saturated rings. The van der Waals surface area contributed by atoms with E-state index in [0.717, 1.165) is 5.57 Å². The summed E-state index contributed by atoms with van der Waals surface area (Å²) in [6.07, 6.45) is 5.47. The summed E-state index contributed by atoms with van der Waals surface area (Å²) in [6, 6.07) is 0. The van der Waals surface area contributed by atoms with Gasteiger partial charge < -0.3 is 9.05 Å². The van der Waals surface area contributed by atoms with Gasteiger partial charge in [0.25, 0.3) is 0 Å². The molecule has 1 atom stereocenters. The van der Waals surface area contributed by atoms with Crippen LogP contribution in [0.2, 0.25) is 0 Å². The molecule has 12 heavy (non-hydrogen) atoms. The first-order chi connectivity index (χ1) is 5.70. The quantitative estimate of drug-likeness (QED) is 0.363. The van der Waals surface area contributed by atoms with Crippen LogP contribution in [0.3, 0.4) is 0 Å². The summed E-state index contributed by atoms with van der Waals surface area (Å²) in [5.74, 6) is 2.41. The fraction of sp³-hybridized carbons (Fsp3) is 0.500. The van der Waals surface area contributed by atoms with Crippen LogP contribution in [0.1, 0.15) is 13.3 Å². The van der Waals surface area contributed by atoms with Gasteiger partial charge in [-0.2, -0.15) is 0 Å². The van der Waals surface area contributed by atoms with Crippen molar-refractivity contribution in [3.05, 3.63) is 12.2 Å². The van der Waals surface area contributed by atoms with E-state index in [1.807, 2.05) is 0 Å². The van der Waals surface area contributed by atoms with Crippen molar-refractivity contribution in [1.82, 2.24) is 0 Å². The van der Waals surface area contributed by atoms with Gasteiger partial charge in [0, 0.05) is 6.42 Å². The van der Waals surface area contributed by atoms with Gasteiger partial charge in [0.05, 0.1) is 13.2 Å². The molecule has 0 radical (unpaired) electrons. The second-order valence-corrected chi connectivity index (χ2v) is 3.18. The summed E-state index contributed by atoms with van der Waals surface area (Å²) >= 11 is 0. The molecule has 0 bridgehead atoms. The van der Waals surface area contributed by atoms with Gasteiger partial charge in [-0.15, -0.1) is 12.3 Å². The normalized spacial score (nSPS) is 12.0. The zero-order chi connectivity index (χ0) is 9.40. The molecule has 0 aromatic heterocycles. The summed E-state index contributed by atoms with van der Waals surface area (Å²) in [6.45, 7) is 5.98. The zero-order valence-corrected chi connectivity index (χ0v) is 8.13. The van der Waals surface area contributed by atoms with Crippen LogP contribution >= 0.6 is 8.25 Å². The van der Waals surface area contributed by atoms with Gasteiger partial charge in [-0.3, -0.25) is 4.57 Å². The van der Waals surface area contributed by atoms with Crippen molar-refractivity contribution in [2.24, 2.45) is 0 Å². The molecule has 3 nitrogen and oxygen atoms in total. The standard InChI is InChI=1S/C8H13O3P/c1-4-6-8(3)7-11-12(9)10-5-2/h1,12H,3,5-7H2,2H3. The Kier molecular flexibility index (Phi) is 6.79. The van der Waals surface area contributed by atoms with Crippen molar-refractivity contribution >= 4 is 8.25 Å². The van der Waals surface area contributed by atoms with Crippen LogP contribution in [0, 0.1) is 12.3 Å². The van der Waals surface area contributed by atoms with Crippen LogP contribution in [0.15, 0.2) is 12.2 Å². The van der Waals surface area contributed by atoms with Crippen LogP contribution in [0.5, 0.6) is 0 Å². The lowest BCUT2D eigenvalue weighted by molar-refractivity contribution is 0.247. The van der Waals surface area contributed by atoms with Gasteiger partial charge in [-0.05, 0) is 12.5 Å². The fourth-order valence-corrected chi connectivity index (χ4v) is 1.16. The van der Waals surface area contributed by atoms with E-state index < -0.39 is 8.25 Å². The molecule has 68 valence electrons. The SMILES string of the molecule is C#CCC(=C)CO[PH](=O)OCC. The lowest BCUT2D eigenvalue weighted by Gasteiger charge is -2.03. The topological polar surface area (TPSA) is 35.5 Å². The Morgan fingerprint density at radius 3 is 2.83 bits per heavy atom. The Morgan fingerprint density at radius 1 is 1.67 bits per heavy atom. The van der Waals surface area contributed by atoms with Crippen molar-refractivity contribution in [1.29, 1.82) is 0 Å². The third-order valence-corrected chi connectivity index (χ3v) is 1.91. The molecule has 0 aliphatic rings. The Morgan fingerprint density at radius 2 is 2.33 bits per heavy atom. The van der Waals surface area contributed by atoms with Crippen molar-refractivity contribution in [3.8, 4) is 12.3 Å². The second-order valence-electron chi connectivity index (χ2n) is 2.10. The van der Waals surface area contributed by atoms with Gasteiger partial charge in [0.1, 0.15) is 0 Å². The molecule has 0 amide bonds. The van der Waals surface area contributed by atoms with E-state index in [1.54, 1.807) is 6.92 Å². The van der Waals surface area contributed by atoms with E-state index in [-0.39, 0.29) is 6.61 Å². The first-order valence-electron chi connectivity index (χ1n) is 3.60. The van der Waals surface area contributed by atoms with Gasteiger partial charge in [-0.25, -0.2) is 0 Å². The molecule has 0 aromatic rings. The number of rotatable bonds is 6. The zero-order valence-electron chi connectivity index (χ0n) is 7.13. The molecule has 0 saturated heterocycles. The summed E-state index contributed by atoms with van der Waals surface area (Å²) in [5, 5.41) is 0. The first-order valence-corrected chi connectivity index (χ1v) is 4.82. The largest absolute Gasteiger partial charge is 0.319 e. The molecule has 0 spiro atoms. The predicted molar refractivity (Wildman–Crippen MR) is 49.2 cm³/mol. The number of hydrogen-bond donors (Lipinski definition) is 0. The maximum absolute atomic E-state index is 10.8. The van der Waals surface area contributed by atoms with E-state index in [2.05, 4.69) is 12.5 Å². The van der Waals surface area contributed by atoms with Crippen LogP contribution in [-0.2, 0) is 13.6 Å². The fourth-order valence-electron chi connectivity index (χ4n) is 0.516. The highest BCUT2D eigenvalue weighted by Crippen LogP contribution is 2.23. The lowest BCUT2D eigenvalue weighted by Crippen LogP contribution is -1.91. The maximum atomic E-state index is 10.8. The molecule has 0 heterocycles. The van der Waals surface area contributed by atoms with E-state index in [1.165, 1.54) is 0 Å². The second kappa shape index (κ2) is 7.12. The molecule has 0 aliphatic heterocycles. The minimum absolute atomic E-state index is 0.210. The Hall–Kier alpha value is -0.550. The summed E-state index contributed by atoms with van der Waals surface area (Å²) < 4.78 is 20.3. The summed E-state index contributed by atoms with van der Waals surface area (Å²) in [4.78, 5) is 0. The summed E-state index contributed by atoms with van der Waals surface area (Å²) in [7, 11) is -2.33. The van der Waals surface area contributed by atoms with Crippen LogP contribution in [-0.4, -0.2) is 13.2 Å². The Balaban J connectivity index is 3.48.